The first-order valence-corrected chi connectivity index (χ1v) is 5.49. The van der Waals surface area contributed by atoms with Crippen LogP contribution in [-0.4, -0.2) is 11.5 Å². The van der Waals surface area contributed by atoms with E-state index in [1.807, 2.05) is 12.1 Å². The van der Waals surface area contributed by atoms with Crippen LogP contribution in [-0.2, 0) is 0 Å². The number of hydrogen-bond acceptors (Lipinski definition) is 3. The minimum Gasteiger partial charge on any atom is -0.309 e. The van der Waals surface area contributed by atoms with Crippen LogP contribution in [0.1, 0.15) is 36.6 Å². The summed E-state index contributed by atoms with van der Waals surface area (Å²) in [4.78, 5) is 4.25. The Hall–Kier alpha value is -1.11. The van der Waals surface area contributed by atoms with Crippen molar-refractivity contribution in [2.45, 2.75) is 25.3 Å². The van der Waals surface area contributed by atoms with Crippen LogP contribution in [0.15, 0.2) is 12.1 Å². The van der Waals surface area contributed by atoms with Crippen LogP contribution in [0.4, 0.5) is 0 Å². The lowest BCUT2D eigenvalue weighted by atomic mass is 10.0. The fraction of sp³-hybridized carbons (Fsp3) is 0.455. The molecule has 0 radical (unpaired) electrons. The van der Waals surface area contributed by atoms with Gasteiger partial charge in [-0.2, -0.15) is 5.26 Å². The molecule has 2 rings (SSSR count). The number of pyridine rings is 1. The first-order valence-electron chi connectivity index (χ1n) is 5.11. The Morgan fingerprint density at radius 3 is 2.93 bits per heavy atom. The molecule has 78 valence electrons. The highest BCUT2D eigenvalue weighted by Gasteiger charge is 2.16. The highest BCUT2D eigenvalue weighted by atomic mass is 35.5. The second kappa shape index (κ2) is 4.61. The van der Waals surface area contributed by atoms with Gasteiger partial charge >= 0.3 is 0 Å². The lowest BCUT2D eigenvalue weighted by molar-refractivity contribution is 0.405. The Morgan fingerprint density at radius 1 is 1.47 bits per heavy atom. The summed E-state index contributed by atoms with van der Waals surface area (Å²) in [7, 11) is 0. The highest BCUT2D eigenvalue weighted by molar-refractivity contribution is 6.30. The van der Waals surface area contributed by atoms with Crippen molar-refractivity contribution in [2.75, 3.05) is 6.54 Å². The zero-order valence-corrected chi connectivity index (χ0v) is 9.09. The van der Waals surface area contributed by atoms with Crippen molar-refractivity contribution in [3.63, 3.8) is 0 Å². The summed E-state index contributed by atoms with van der Waals surface area (Å²) < 4.78 is 0. The summed E-state index contributed by atoms with van der Waals surface area (Å²) in [6.07, 6.45) is 3.53. The van der Waals surface area contributed by atoms with Crippen molar-refractivity contribution in [3.8, 4) is 6.07 Å². The van der Waals surface area contributed by atoms with E-state index in [-0.39, 0.29) is 0 Å². The van der Waals surface area contributed by atoms with Crippen molar-refractivity contribution in [1.82, 2.24) is 10.3 Å². The van der Waals surface area contributed by atoms with Crippen LogP contribution in [0.5, 0.6) is 0 Å². The first-order chi connectivity index (χ1) is 7.31. The summed E-state index contributed by atoms with van der Waals surface area (Å²) in [5, 5.41) is 12.4. The number of aromatic nitrogens is 1. The van der Waals surface area contributed by atoms with Gasteiger partial charge in [0.2, 0.25) is 0 Å². The van der Waals surface area contributed by atoms with E-state index in [4.69, 9.17) is 16.9 Å². The Kier molecular flexibility index (Phi) is 3.20. The third-order valence-electron chi connectivity index (χ3n) is 2.66. The van der Waals surface area contributed by atoms with Crippen molar-refractivity contribution in [2.24, 2.45) is 0 Å². The fourth-order valence-electron chi connectivity index (χ4n) is 1.83. The molecule has 0 aliphatic carbocycles. The molecule has 0 bridgehead atoms. The lowest BCUT2D eigenvalue weighted by Crippen LogP contribution is -2.27. The third kappa shape index (κ3) is 2.28. The number of hydrogen-bond donors (Lipinski definition) is 1. The van der Waals surface area contributed by atoms with Crippen LogP contribution < -0.4 is 5.32 Å². The van der Waals surface area contributed by atoms with E-state index >= 15 is 0 Å². The van der Waals surface area contributed by atoms with E-state index in [0.29, 0.717) is 16.8 Å². The largest absolute Gasteiger partial charge is 0.309 e. The van der Waals surface area contributed by atoms with Crippen LogP contribution in [0.3, 0.4) is 0 Å². The van der Waals surface area contributed by atoms with Crippen LogP contribution in [0.2, 0.25) is 5.15 Å². The monoisotopic (exact) mass is 221 g/mol. The predicted octanol–water partition coefficient (Wildman–Crippen LogP) is 2.42. The van der Waals surface area contributed by atoms with Gasteiger partial charge in [0, 0.05) is 6.04 Å². The van der Waals surface area contributed by atoms with Crippen molar-refractivity contribution in [3.05, 3.63) is 28.5 Å². The molecule has 4 heteroatoms. The maximum Gasteiger partial charge on any atom is 0.147 e. The van der Waals surface area contributed by atoms with Crippen LogP contribution in [0, 0.1) is 11.3 Å². The zero-order valence-electron chi connectivity index (χ0n) is 8.33. The van der Waals surface area contributed by atoms with E-state index in [1.165, 1.54) is 12.8 Å². The van der Waals surface area contributed by atoms with E-state index in [0.717, 1.165) is 18.7 Å². The summed E-state index contributed by atoms with van der Waals surface area (Å²) in [6.45, 7) is 1.03. The van der Waals surface area contributed by atoms with Gasteiger partial charge in [-0.15, -0.1) is 0 Å². The Morgan fingerprint density at radius 2 is 2.33 bits per heavy atom. The van der Waals surface area contributed by atoms with Gasteiger partial charge in [0.05, 0.1) is 11.3 Å². The van der Waals surface area contributed by atoms with Crippen LogP contribution >= 0.6 is 11.6 Å². The third-order valence-corrected chi connectivity index (χ3v) is 2.95. The minimum absolute atomic E-state index is 0.295. The van der Waals surface area contributed by atoms with E-state index in [9.17, 15) is 0 Å². The standard InChI is InChI=1S/C11H12ClN3/c12-11-8(7-13)4-5-10(15-11)9-3-1-2-6-14-9/h4-5,9,14H,1-3,6H2. The summed E-state index contributed by atoms with van der Waals surface area (Å²) in [5.74, 6) is 0. The molecular formula is C11H12ClN3. The molecule has 1 aromatic rings. The summed E-state index contributed by atoms with van der Waals surface area (Å²) >= 11 is 5.89. The SMILES string of the molecule is N#Cc1ccc(C2CCCCN2)nc1Cl. The predicted molar refractivity (Wildman–Crippen MR) is 58.6 cm³/mol. The number of nitrogens with one attached hydrogen (secondary N) is 1. The van der Waals surface area contributed by atoms with Crippen molar-refractivity contribution in [1.29, 1.82) is 5.26 Å². The minimum atomic E-state index is 0.295. The van der Waals surface area contributed by atoms with Crippen molar-refractivity contribution < 1.29 is 0 Å². The molecule has 0 amide bonds. The Labute approximate surface area is 94.1 Å². The molecule has 3 nitrogen and oxygen atoms in total. The van der Waals surface area contributed by atoms with Gasteiger partial charge in [-0.1, -0.05) is 18.0 Å². The Bertz CT molecular complexity index is 391. The molecule has 0 spiro atoms. The molecule has 0 saturated carbocycles. The summed E-state index contributed by atoms with van der Waals surface area (Å²) in [5.41, 5.74) is 1.38. The average Bonchev–Trinajstić information content (AvgIpc) is 2.30. The molecule has 1 aliphatic heterocycles. The Balaban J connectivity index is 2.22. The first kappa shape index (κ1) is 10.4. The highest BCUT2D eigenvalue weighted by Crippen LogP contribution is 2.23. The zero-order chi connectivity index (χ0) is 10.7. The molecule has 1 aliphatic rings. The second-order valence-corrected chi connectivity index (χ2v) is 4.05. The molecule has 1 aromatic heterocycles. The molecule has 1 saturated heterocycles. The van der Waals surface area contributed by atoms with Crippen molar-refractivity contribution >= 4 is 11.6 Å². The smallest absolute Gasteiger partial charge is 0.147 e. The maximum absolute atomic E-state index is 8.73. The van der Waals surface area contributed by atoms with Gasteiger partial charge in [0.1, 0.15) is 11.2 Å². The molecule has 2 heterocycles. The quantitative estimate of drug-likeness (QED) is 0.741. The molecule has 1 unspecified atom stereocenters. The fourth-order valence-corrected chi connectivity index (χ4v) is 2.03. The normalized spacial score (nSPS) is 20.9. The molecular weight excluding hydrogens is 210 g/mol. The molecule has 15 heavy (non-hydrogen) atoms. The number of nitriles is 1. The van der Waals surface area contributed by atoms with Gasteiger partial charge in [-0.25, -0.2) is 4.98 Å². The number of piperidine rings is 1. The van der Waals surface area contributed by atoms with E-state index < -0.39 is 0 Å². The molecule has 0 aromatic carbocycles. The molecule has 1 atom stereocenters. The van der Waals surface area contributed by atoms with Gasteiger partial charge < -0.3 is 5.32 Å². The summed E-state index contributed by atoms with van der Waals surface area (Å²) in [6, 6.07) is 5.93. The second-order valence-electron chi connectivity index (χ2n) is 3.69. The van der Waals surface area contributed by atoms with Gasteiger partial charge in [-0.05, 0) is 31.5 Å². The topological polar surface area (TPSA) is 48.7 Å². The van der Waals surface area contributed by atoms with E-state index in [2.05, 4.69) is 10.3 Å². The molecule has 1 fully saturated rings. The van der Waals surface area contributed by atoms with Gasteiger partial charge in [-0.3, -0.25) is 0 Å². The number of rotatable bonds is 1. The lowest BCUT2D eigenvalue weighted by Gasteiger charge is -2.22. The molecule has 1 N–H and O–H groups in total. The average molecular weight is 222 g/mol. The number of nitrogens with zero attached hydrogens (tertiary/aromatic N) is 2. The van der Waals surface area contributed by atoms with Gasteiger partial charge in [0.25, 0.3) is 0 Å². The van der Waals surface area contributed by atoms with Crippen LogP contribution in [0.25, 0.3) is 0 Å². The maximum atomic E-state index is 8.73. The van der Waals surface area contributed by atoms with E-state index in [1.54, 1.807) is 6.07 Å². The number of halogens is 1. The van der Waals surface area contributed by atoms with Gasteiger partial charge in [0.15, 0.2) is 0 Å².